The number of aryl methyl sites for hydroxylation is 1. The number of nitrogens with zero attached hydrogens (tertiary/aromatic N) is 2. The van der Waals surface area contributed by atoms with Crippen LogP contribution in [0.1, 0.15) is 39.9 Å². The van der Waals surface area contributed by atoms with E-state index < -0.39 is 0 Å². The molecule has 0 bridgehead atoms. The van der Waals surface area contributed by atoms with E-state index in [1.165, 1.54) is 0 Å². The van der Waals surface area contributed by atoms with Gasteiger partial charge in [-0.25, -0.2) is 4.98 Å². The maximum atomic E-state index is 5.98. The van der Waals surface area contributed by atoms with Gasteiger partial charge in [0, 0.05) is 12.5 Å². The second kappa shape index (κ2) is 6.27. The van der Waals surface area contributed by atoms with Gasteiger partial charge < -0.3 is 15.8 Å². The normalized spacial score (nSPS) is 12.2. The molecule has 5 heteroatoms. The fraction of sp³-hybridized carbons (Fsp3) is 0.667. The maximum Gasteiger partial charge on any atom is 0.242 e. The quantitative estimate of drug-likeness (QED) is 0.795. The third kappa shape index (κ3) is 3.47. The fourth-order valence-corrected chi connectivity index (χ4v) is 1.34. The van der Waals surface area contributed by atoms with E-state index in [1.807, 2.05) is 13.8 Å². The molecule has 0 aromatic carbocycles. The number of nitrogen functional groups attached to an aromatic ring is 1. The molecule has 0 aliphatic heterocycles. The van der Waals surface area contributed by atoms with Gasteiger partial charge in [-0.05, 0) is 20.3 Å². The highest BCUT2D eigenvalue weighted by Crippen LogP contribution is 2.26. The van der Waals surface area contributed by atoms with Gasteiger partial charge in [0.1, 0.15) is 11.5 Å². The Morgan fingerprint density at radius 2 is 2.00 bits per heavy atom. The molecule has 1 unspecified atom stereocenters. The lowest BCUT2D eigenvalue weighted by Crippen LogP contribution is -2.17. The van der Waals surface area contributed by atoms with Crippen LogP contribution in [-0.2, 0) is 6.42 Å². The van der Waals surface area contributed by atoms with E-state index in [9.17, 15) is 0 Å². The number of rotatable bonds is 6. The summed E-state index contributed by atoms with van der Waals surface area (Å²) >= 11 is 0. The van der Waals surface area contributed by atoms with Crippen molar-refractivity contribution in [3.63, 3.8) is 0 Å². The van der Waals surface area contributed by atoms with Crippen molar-refractivity contribution in [1.82, 2.24) is 9.97 Å². The molecular weight excluding hydrogens is 216 g/mol. The summed E-state index contributed by atoms with van der Waals surface area (Å²) in [5.41, 5.74) is 6.47. The zero-order chi connectivity index (χ0) is 12.8. The van der Waals surface area contributed by atoms with Crippen molar-refractivity contribution in [2.24, 2.45) is 0 Å². The van der Waals surface area contributed by atoms with Crippen molar-refractivity contribution in [1.29, 1.82) is 0 Å². The van der Waals surface area contributed by atoms with Crippen LogP contribution < -0.4 is 15.8 Å². The number of nitrogens with two attached hydrogens (primary N) is 1. The molecule has 1 rings (SSSR count). The average molecular weight is 238 g/mol. The first-order valence-electron chi connectivity index (χ1n) is 6.18. The number of nitrogens with one attached hydrogen (secondary N) is 1. The molecular formula is C12H22N4O. The third-order valence-electron chi connectivity index (χ3n) is 2.55. The minimum Gasteiger partial charge on any atom is -0.476 e. The Labute approximate surface area is 103 Å². The van der Waals surface area contributed by atoms with Crippen molar-refractivity contribution < 1.29 is 4.74 Å². The number of ether oxygens (including phenoxy) is 1. The smallest absolute Gasteiger partial charge is 0.242 e. The lowest BCUT2D eigenvalue weighted by atomic mass is 10.2. The Morgan fingerprint density at radius 3 is 2.53 bits per heavy atom. The molecule has 3 N–H and O–H groups in total. The van der Waals surface area contributed by atoms with E-state index in [0.717, 1.165) is 18.7 Å². The van der Waals surface area contributed by atoms with Crippen molar-refractivity contribution in [2.75, 3.05) is 17.7 Å². The molecule has 5 nitrogen and oxygen atoms in total. The van der Waals surface area contributed by atoms with Gasteiger partial charge in [-0.15, -0.1) is 0 Å². The molecule has 1 heterocycles. The molecule has 0 aliphatic rings. The van der Waals surface area contributed by atoms with Crippen LogP contribution in [0, 0.1) is 0 Å². The molecule has 1 aromatic heterocycles. The Bertz CT molecular complexity index is 368. The number of hydrogen-bond acceptors (Lipinski definition) is 5. The Hall–Kier alpha value is -1.52. The van der Waals surface area contributed by atoms with Gasteiger partial charge in [-0.3, -0.25) is 0 Å². The largest absolute Gasteiger partial charge is 0.476 e. The van der Waals surface area contributed by atoms with Crippen LogP contribution >= 0.6 is 0 Å². The molecule has 1 atom stereocenters. The van der Waals surface area contributed by atoms with Gasteiger partial charge >= 0.3 is 0 Å². The van der Waals surface area contributed by atoms with E-state index in [-0.39, 0.29) is 0 Å². The summed E-state index contributed by atoms with van der Waals surface area (Å²) in [6.07, 6.45) is 1.77. The summed E-state index contributed by atoms with van der Waals surface area (Å²) in [6.45, 7) is 8.67. The van der Waals surface area contributed by atoms with Crippen LogP contribution in [0.5, 0.6) is 5.88 Å². The summed E-state index contributed by atoms with van der Waals surface area (Å²) in [6, 6.07) is 0.325. The third-order valence-corrected chi connectivity index (χ3v) is 2.55. The number of hydrogen-bond donors (Lipinski definition) is 2. The second-order valence-electron chi connectivity index (χ2n) is 3.95. The van der Waals surface area contributed by atoms with Gasteiger partial charge in [-0.2, -0.15) is 4.98 Å². The van der Waals surface area contributed by atoms with E-state index in [4.69, 9.17) is 10.5 Å². The van der Waals surface area contributed by atoms with Crippen molar-refractivity contribution >= 4 is 11.5 Å². The van der Waals surface area contributed by atoms with Crippen molar-refractivity contribution in [2.45, 2.75) is 46.6 Å². The predicted octanol–water partition coefficient (Wildman–Crippen LogP) is 2.23. The standard InChI is InChI=1S/C12H22N4O/c1-5-8(4)14-11-10(13)12(17-7-3)16-9(6-2)15-11/h8H,5-7,13H2,1-4H3,(H,14,15,16). The van der Waals surface area contributed by atoms with E-state index in [2.05, 4.69) is 29.1 Å². The predicted molar refractivity (Wildman–Crippen MR) is 70.4 cm³/mol. The Morgan fingerprint density at radius 1 is 1.29 bits per heavy atom. The molecule has 0 saturated heterocycles. The van der Waals surface area contributed by atoms with Gasteiger partial charge in [0.15, 0.2) is 5.82 Å². The molecule has 0 spiro atoms. The average Bonchev–Trinajstić information content (AvgIpc) is 2.34. The first kappa shape index (κ1) is 13.5. The summed E-state index contributed by atoms with van der Waals surface area (Å²) < 4.78 is 5.42. The van der Waals surface area contributed by atoms with E-state index >= 15 is 0 Å². The first-order valence-corrected chi connectivity index (χ1v) is 6.18. The van der Waals surface area contributed by atoms with Crippen LogP contribution in [-0.4, -0.2) is 22.6 Å². The topological polar surface area (TPSA) is 73.1 Å². The van der Waals surface area contributed by atoms with E-state index in [1.54, 1.807) is 0 Å². The minimum absolute atomic E-state index is 0.325. The van der Waals surface area contributed by atoms with Crippen LogP contribution in [0.4, 0.5) is 11.5 Å². The highest BCUT2D eigenvalue weighted by molar-refractivity contribution is 5.67. The molecule has 0 radical (unpaired) electrons. The van der Waals surface area contributed by atoms with Gasteiger partial charge in [-0.1, -0.05) is 13.8 Å². The highest BCUT2D eigenvalue weighted by Gasteiger charge is 2.13. The molecule has 0 fully saturated rings. The molecule has 0 saturated carbocycles. The second-order valence-corrected chi connectivity index (χ2v) is 3.95. The van der Waals surface area contributed by atoms with Gasteiger partial charge in [0.25, 0.3) is 0 Å². The fourth-order valence-electron chi connectivity index (χ4n) is 1.34. The minimum atomic E-state index is 0.325. The summed E-state index contributed by atoms with van der Waals surface area (Å²) in [5, 5.41) is 3.28. The van der Waals surface area contributed by atoms with Gasteiger partial charge in [0.05, 0.1) is 6.61 Å². The molecule has 1 aromatic rings. The van der Waals surface area contributed by atoms with Crippen LogP contribution in [0.25, 0.3) is 0 Å². The summed E-state index contributed by atoms with van der Waals surface area (Å²) in [4.78, 5) is 8.67. The van der Waals surface area contributed by atoms with Crippen LogP contribution in [0.3, 0.4) is 0 Å². The zero-order valence-electron chi connectivity index (χ0n) is 11.1. The Balaban J connectivity index is 3.05. The zero-order valence-corrected chi connectivity index (χ0v) is 11.1. The summed E-state index contributed by atoms with van der Waals surface area (Å²) in [5.74, 6) is 1.90. The lowest BCUT2D eigenvalue weighted by Gasteiger charge is -2.16. The molecule has 96 valence electrons. The molecule has 17 heavy (non-hydrogen) atoms. The number of anilines is 2. The lowest BCUT2D eigenvalue weighted by molar-refractivity contribution is 0.327. The van der Waals surface area contributed by atoms with Crippen molar-refractivity contribution in [3.8, 4) is 5.88 Å². The molecule has 0 aliphatic carbocycles. The maximum absolute atomic E-state index is 5.98. The first-order chi connectivity index (χ1) is 8.12. The van der Waals surface area contributed by atoms with E-state index in [0.29, 0.717) is 30.0 Å². The van der Waals surface area contributed by atoms with Crippen molar-refractivity contribution in [3.05, 3.63) is 5.82 Å². The monoisotopic (exact) mass is 238 g/mol. The highest BCUT2D eigenvalue weighted by atomic mass is 16.5. The number of aromatic nitrogens is 2. The summed E-state index contributed by atoms with van der Waals surface area (Å²) in [7, 11) is 0. The Kier molecular flexibility index (Phi) is 5.00. The molecule has 0 amide bonds. The SMILES string of the molecule is CCOc1nc(CC)nc(NC(C)CC)c1N. The van der Waals surface area contributed by atoms with Crippen LogP contribution in [0.15, 0.2) is 0 Å². The van der Waals surface area contributed by atoms with Crippen LogP contribution in [0.2, 0.25) is 0 Å². The van der Waals surface area contributed by atoms with Gasteiger partial charge in [0.2, 0.25) is 5.88 Å².